The van der Waals surface area contributed by atoms with Gasteiger partial charge < -0.3 is 20.1 Å². The predicted octanol–water partition coefficient (Wildman–Crippen LogP) is 5.56. The summed E-state index contributed by atoms with van der Waals surface area (Å²) in [5, 5.41) is 12.9. The lowest BCUT2D eigenvalue weighted by atomic mass is 9.88. The van der Waals surface area contributed by atoms with Crippen LogP contribution in [0.5, 0.6) is 11.5 Å². The molecule has 2 heterocycles. The van der Waals surface area contributed by atoms with Crippen LogP contribution in [-0.2, 0) is 17.6 Å². The van der Waals surface area contributed by atoms with E-state index in [9.17, 15) is 9.90 Å². The Balaban J connectivity index is 1.30. The van der Waals surface area contributed by atoms with Crippen LogP contribution in [0.25, 0.3) is 0 Å². The molecule has 194 valence electrons. The second-order valence-corrected chi connectivity index (χ2v) is 10.2. The highest BCUT2D eigenvalue weighted by molar-refractivity contribution is 5.88. The number of nitrogens with zero attached hydrogens (tertiary/aromatic N) is 2. The second-order valence-electron chi connectivity index (χ2n) is 10.2. The summed E-state index contributed by atoms with van der Waals surface area (Å²) in [5.74, 6) is 1.16. The topological polar surface area (TPSA) is 65.0 Å². The molecule has 37 heavy (non-hydrogen) atoms. The summed E-state index contributed by atoms with van der Waals surface area (Å²) >= 11 is 0. The van der Waals surface area contributed by atoms with Gasteiger partial charge in [0.2, 0.25) is 5.91 Å². The number of phenolic OH excluding ortho intramolecular Hbond substituents is 1. The van der Waals surface area contributed by atoms with Crippen LogP contribution in [-0.4, -0.2) is 48.7 Å². The monoisotopic (exact) mass is 499 g/mol. The van der Waals surface area contributed by atoms with Crippen molar-refractivity contribution in [1.82, 2.24) is 4.90 Å². The van der Waals surface area contributed by atoms with Gasteiger partial charge >= 0.3 is 0 Å². The van der Waals surface area contributed by atoms with Gasteiger partial charge in [0.25, 0.3) is 0 Å². The van der Waals surface area contributed by atoms with Crippen LogP contribution >= 0.6 is 0 Å². The average Bonchev–Trinajstić information content (AvgIpc) is 2.90. The first-order valence-electron chi connectivity index (χ1n) is 13.5. The zero-order valence-electron chi connectivity index (χ0n) is 21.7. The van der Waals surface area contributed by atoms with Gasteiger partial charge in [0.1, 0.15) is 18.1 Å². The Labute approximate surface area is 219 Å². The molecule has 6 heteroatoms. The third-order valence-electron chi connectivity index (χ3n) is 7.48. The summed E-state index contributed by atoms with van der Waals surface area (Å²) < 4.78 is 6.04. The first kappa shape index (κ1) is 25.2. The molecule has 5 rings (SSSR count). The fourth-order valence-electron chi connectivity index (χ4n) is 5.59. The Morgan fingerprint density at radius 1 is 0.973 bits per heavy atom. The molecule has 0 bridgehead atoms. The molecule has 1 amide bonds. The van der Waals surface area contributed by atoms with Crippen LogP contribution in [0.3, 0.4) is 0 Å². The van der Waals surface area contributed by atoms with Gasteiger partial charge in [0.05, 0.1) is 6.04 Å². The zero-order chi connectivity index (χ0) is 25.6. The Kier molecular flexibility index (Phi) is 7.95. The van der Waals surface area contributed by atoms with E-state index in [1.54, 1.807) is 6.07 Å². The lowest BCUT2D eigenvalue weighted by molar-refractivity contribution is -0.114. The molecule has 3 aromatic rings. The molecule has 1 saturated heterocycles. The first-order chi connectivity index (χ1) is 18.0. The highest BCUT2D eigenvalue weighted by atomic mass is 16.5. The van der Waals surface area contributed by atoms with Gasteiger partial charge in [0, 0.05) is 31.4 Å². The minimum atomic E-state index is -0.0729. The molecule has 0 aromatic heterocycles. The van der Waals surface area contributed by atoms with Gasteiger partial charge in [-0.05, 0) is 104 Å². The predicted molar refractivity (Wildman–Crippen MR) is 149 cm³/mol. The summed E-state index contributed by atoms with van der Waals surface area (Å²) in [6, 6.07) is 22.4. The van der Waals surface area contributed by atoms with Crippen LogP contribution in [0, 0.1) is 0 Å². The fourth-order valence-corrected chi connectivity index (χ4v) is 5.59. The van der Waals surface area contributed by atoms with E-state index in [1.165, 1.54) is 56.0 Å². The van der Waals surface area contributed by atoms with Crippen molar-refractivity contribution in [3.05, 3.63) is 83.4 Å². The number of likely N-dealkylation sites (tertiary alicyclic amines) is 1. The van der Waals surface area contributed by atoms with Crippen molar-refractivity contribution in [3.8, 4) is 11.5 Å². The lowest BCUT2D eigenvalue weighted by Gasteiger charge is -2.39. The van der Waals surface area contributed by atoms with E-state index in [4.69, 9.17) is 4.74 Å². The number of amides is 1. The number of nitrogens with one attached hydrogen (secondary N) is 1. The maximum absolute atomic E-state index is 11.4. The summed E-state index contributed by atoms with van der Waals surface area (Å²) in [6.07, 6.45) is 5.67. The standard InChI is InChI=1S/C31H37N3O3/c1-23(35)32-26-7-9-27(10-8-26)34-18-15-25-22-28(36)11-14-30(25)31(34)21-24-5-12-29(13-6-24)37-20-19-33-16-3-2-4-17-33/h5-14,22,31,36H,2-4,15-21H2,1H3,(H,32,35). The minimum Gasteiger partial charge on any atom is -0.508 e. The second kappa shape index (κ2) is 11.7. The van der Waals surface area contributed by atoms with E-state index < -0.39 is 0 Å². The van der Waals surface area contributed by atoms with Gasteiger partial charge in [-0.2, -0.15) is 0 Å². The zero-order valence-corrected chi connectivity index (χ0v) is 21.7. The van der Waals surface area contributed by atoms with Crippen LogP contribution < -0.4 is 15.0 Å². The van der Waals surface area contributed by atoms with Crippen molar-refractivity contribution in [1.29, 1.82) is 0 Å². The summed E-state index contributed by atoms with van der Waals surface area (Å²) in [6.45, 7) is 6.47. The number of benzene rings is 3. The smallest absolute Gasteiger partial charge is 0.221 e. The van der Waals surface area contributed by atoms with Gasteiger partial charge in [-0.1, -0.05) is 24.6 Å². The molecule has 0 spiro atoms. The molecule has 1 atom stereocenters. The molecule has 1 unspecified atom stereocenters. The van der Waals surface area contributed by atoms with Gasteiger partial charge in [-0.25, -0.2) is 0 Å². The van der Waals surface area contributed by atoms with Crippen molar-refractivity contribution in [2.75, 3.05) is 43.0 Å². The number of carbonyl (C=O) groups excluding carboxylic acids is 1. The quantitative estimate of drug-likeness (QED) is 0.425. The number of ether oxygens (including phenoxy) is 1. The number of anilines is 2. The average molecular weight is 500 g/mol. The van der Waals surface area contributed by atoms with E-state index >= 15 is 0 Å². The molecule has 2 N–H and O–H groups in total. The molecule has 1 fully saturated rings. The number of fused-ring (bicyclic) bond motifs is 1. The van der Waals surface area contributed by atoms with Crippen LogP contribution in [0.1, 0.15) is 48.9 Å². The number of aromatic hydroxyl groups is 1. The SMILES string of the molecule is CC(=O)Nc1ccc(N2CCc3cc(O)ccc3C2Cc2ccc(OCCN3CCCCC3)cc2)cc1. The maximum Gasteiger partial charge on any atom is 0.221 e. The Hall–Kier alpha value is -3.51. The highest BCUT2D eigenvalue weighted by Gasteiger charge is 2.28. The van der Waals surface area contributed by atoms with Crippen LogP contribution in [0.4, 0.5) is 11.4 Å². The summed E-state index contributed by atoms with van der Waals surface area (Å²) in [5.41, 5.74) is 5.61. The molecule has 2 aliphatic rings. The molecule has 0 saturated carbocycles. The van der Waals surface area contributed by atoms with Crippen molar-refractivity contribution in [3.63, 3.8) is 0 Å². The maximum atomic E-state index is 11.4. The first-order valence-corrected chi connectivity index (χ1v) is 13.5. The van der Waals surface area contributed by atoms with E-state index in [1.807, 2.05) is 18.2 Å². The van der Waals surface area contributed by atoms with Gasteiger partial charge in [-0.15, -0.1) is 0 Å². The highest BCUT2D eigenvalue weighted by Crippen LogP contribution is 2.38. The van der Waals surface area contributed by atoms with E-state index in [-0.39, 0.29) is 11.9 Å². The number of hydrogen-bond acceptors (Lipinski definition) is 5. The van der Waals surface area contributed by atoms with Crippen molar-refractivity contribution < 1.29 is 14.6 Å². The van der Waals surface area contributed by atoms with Gasteiger partial charge in [0.15, 0.2) is 0 Å². The molecule has 2 aliphatic heterocycles. The normalized spacial score (nSPS) is 17.8. The molecular formula is C31H37N3O3. The Morgan fingerprint density at radius 3 is 2.46 bits per heavy atom. The number of carbonyl (C=O) groups is 1. The largest absolute Gasteiger partial charge is 0.508 e. The summed E-state index contributed by atoms with van der Waals surface area (Å²) in [4.78, 5) is 16.3. The number of rotatable bonds is 8. The molecule has 6 nitrogen and oxygen atoms in total. The fraction of sp³-hybridized carbons (Fsp3) is 0.387. The number of hydrogen-bond donors (Lipinski definition) is 2. The van der Waals surface area contributed by atoms with Crippen LogP contribution in [0.2, 0.25) is 0 Å². The molecule has 3 aromatic carbocycles. The minimum absolute atomic E-state index is 0.0729. The molecule has 0 aliphatic carbocycles. The van der Waals surface area contributed by atoms with E-state index in [0.717, 1.165) is 49.7 Å². The summed E-state index contributed by atoms with van der Waals surface area (Å²) in [7, 11) is 0. The molecule has 0 radical (unpaired) electrons. The third kappa shape index (κ3) is 6.44. The molecular weight excluding hydrogens is 462 g/mol. The van der Waals surface area contributed by atoms with Crippen molar-refractivity contribution in [2.24, 2.45) is 0 Å². The number of piperidine rings is 1. The third-order valence-corrected chi connectivity index (χ3v) is 7.48. The van der Waals surface area contributed by atoms with Crippen molar-refractivity contribution in [2.45, 2.75) is 45.1 Å². The van der Waals surface area contributed by atoms with Crippen molar-refractivity contribution >= 4 is 17.3 Å². The van der Waals surface area contributed by atoms with E-state index in [2.05, 4.69) is 57.6 Å². The number of phenols is 1. The lowest BCUT2D eigenvalue weighted by Crippen LogP contribution is -2.36. The Morgan fingerprint density at radius 2 is 1.73 bits per heavy atom. The Bertz CT molecular complexity index is 1190. The van der Waals surface area contributed by atoms with Crippen LogP contribution in [0.15, 0.2) is 66.7 Å². The van der Waals surface area contributed by atoms with E-state index in [0.29, 0.717) is 5.75 Å². The van der Waals surface area contributed by atoms with Gasteiger partial charge in [-0.3, -0.25) is 9.69 Å².